The number of hydrogen-bond donors (Lipinski definition) is 0. The molecule has 0 unspecified atom stereocenters. The average molecular weight is 821 g/mol. The van der Waals surface area contributed by atoms with Crippen LogP contribution in [-0.2, 0) is 25.5 Å². The number of pyridine rings is 2. The summed E-state index contributed by atoms with van der Waals surface area (Å²) in [6, 6.07) is 40.4. The summed E-state index contributed by atoms with van der Waals surface area (Å²) in [6.45, 7) is 16.0. The van der Waals surface area contributed by atoms with E-state index in [1.807, 2.05) is 42.7 Å². The van der Waals surface area contributed by atoms with Crippen molar-refractivity contribution in [1.82, 2.24) is 9.97 Å². The molecule has 3 heterocycles. The number of rotatable bonds is 4. The monoisotopic (exact) mass is 821 g/mol. The molecule has 7 aromatic rings. The maximum atomic E-state index is 6.48. The fourth-order valence-corrected chi connectivity index (χ4v) is 7.65. The van der Waals surface area contributed by atoms with Crippen LogP contribution in [-0.4, -0.2) is 18.0 Å². The molecule has 0 amide bonds. The summed E-state index contributed by atoms with van der Waals surface area (Å²) in [7, 11) is -1.23. The van der Waals surface area contributed by atoms with Gasteiger partial charge in [-0.15, -0.1) is 54.1 Å². The van der Waals surface area contributed by atoms with Crippen LogP contribution < -0.4 is 5.19 Å². The van der Waals surface area contributed by atoms with Gasteiger partial charge in [0.05, 0.1) is 13.7 Å². The fourth-order valence-electron chi connectivity index (χ4n) is 6.62. The first kappa shape index (κ1) is 33.7. The Morgan fingerprint density at radius 2 is 1.52 bits per heavy atom. The first-order valence-corrected chi connectivity index (χ1v) is 19.9. The molecule has 0 atom stereocenters. The Labute approximate surface area is 298 Å². The van der Waals surface area contributed by atoms with Crippen molar-refractivity contribution in [2.75, 3.05) is 0 Å². The van der Waals surface area contributed by atoms with E-state index >= 15 is 0 Å². The topological polar surface area (TPSA) is 38.9 Å². The number of aromatic nitrogens is 2. The van der Waals surface area contributed by atoms with Gasteiger partial charge in [-0.2, -0.15) is 0 Å². The SMILES string of the molecule is CC(C)c1ccnc(-c2[c-]ccc3c2oc2cc4c(cc23)C(C)(C)c2ccccc2-4)c1.C[Si](C)(C)c1ccc(-c2[c-]cccc2)nc1.[Ir]. The Morgan fingerprint density at radius 1 is 0.729 bits per heavy atom. The predicted octanol–water partition coefficient (Wildman–Crippen LogP) is 11.0. The van der Waals surface area contributed by atoms with Crippen molar-refractivity contribution < 1.29 is 24.5 Å². The molecule has 1 radical (unpaired) electrons. The molecule has 0 saturated carbocycles. The third-order valence-corrected chi connectivity index (χ3v) is 11.5. The van der Waals surface area contributed by atoms with Gasteiger partial charge in [0, 0.05) is 43.3 Å². The van der Waals surface area contributed by atoms with Crippen LogP contribution in [0.2, 0.25) is 19.6 Å². The van der Waals surface area contributed by atoms with Crippen LogP contribution in [0.3, 0.4) is 0 Å². The number of nitrogens with zero attached hydrogens (tertiary/aromatic N) is 2. The second kappa shape index (κ2) is 13.0. The van der Waals surface area contributed by atoms with Gasteiger partial charge in [0.15, 0.2) is 0 Å². The van der Waals surface area contributed by atoms with Gasteiger partial charge in [-0.05, 0) is 62.9 Å². The molecule has 0 N–H and O–H groups in total. The quantitative estimate of drug-likeness (QED) is 0.131. The molecule has 0 spiro atoms. The molecule has 1 aliphatic carbocycles. The van der Waals surface area contributed by atoms with Crippen molar-refractivity contribution in [3.8, 4) is 33.6 Å². The smallest absolute Gasteiger partial charge is 0.121 e. The van der Waals surface area contributed by atoms with E-state index in [9.17, 15) is 0 Å². The number of benzene rings is 4. The molecule has 3 aromatic heterocycles. The number of fused-ring (bicyclic) bond motifs is 6. The maximum Gasteiger partial charge on any atom is 0.121 e. The van der Waals surface area contributed by atoms with E-state index in [1.54, 1.807) is 0 Å². The summed E-state index contributed by atoms with van der Waals surface area (Å²) < 4.78 is 6.48. The molecule has 243 valence electrons. The molecular formula is C43H40IrN2OSi-2. The summed E-state index contributed by atoms with van der Waals surface area (Å²) in [5.41, 5.74) is 12.2. The molecule has 8 rings (SSSR count). The van der Waals surface area contributed by atoms with Gasteiger partial charge in [-0.1, -0.05) is 106 Å². The van der Waals surface area contributed by atoms with Crippen LogP contribution in [0.5, 0.6) is 0 Å². The second-order valence-corrected chi connectivity index (χ2v) is 19.4. The summed E-state index contributed by atoms with van der Waals surface area (Å²) in [5, 5.41) is 3.67. The molecule has 48 heavy (non-hydrogen) atoms. The second-order valence-electron chi connectivity index (χ2n) is 14.3. The Bertz CT molecular complexity index is 2230. The Balaban J connectivity index is 0.000000201. The van der Waals surface area contributed by atoms with Crippen LogP contribution in [0.4, 0.5) is 0 Å². The van der Waals surface area contributed by atoms with Crippen LogP contribution >= 0.6 is 0 Å². The van der Waals surface area contributed by atoms with Crippen molar-refractivity contribution in [3.05, 3.63) is 138 Å². The Morgan fingerprint density at radius 3 is 2.23 bits per heavy atom. The van der Waals surface area contributed by atoms with E-state index in [1.165, 1.54) is 33.0 Å². The molecular weight excluding hydrogens is 781 g/mol. The fraction of sp³-hybridized carbons (Fsp3) is 0.209. The van der Waals surface area contributed by atoms with E-state index in [0.717, 1.165) is 44.5 Å². The minimum Gasteiger partial charge on any atom is -0.501 e. The Hall–Kier alpha value is -4.15. The van der Waals surface area contributed by atoms with Crippen molar-refractivity contribution >= 4 is 35.2 Å². The number of furan rings is 1. The maximum absolute atomic E-state index is 6.48. The molecule has 0 aliphatic heterocycles. The van der Waals surface area contributed by atoms with Crippen LogP contribution in [0.25, 0.3) is 55.6 Å². The van der Waals surface area contributed by atoms with E-state index in [2.05, 4.69) is 136 Å². The summed E-state index contributed by atoms with van der Waals surface area (Å²) >= 11 is 0. The first-order chi connectivity index (χ1) is 22.5. The molecule has 4 aromatic carbocycles. The van der Waals surface area contributed by atoms with Crippen molar-refractivity contribution in [2.24, 2.45) is 0 Å². The zero-order valence-electron chi connectivity index (χ0n) is 28.6. The van der Waals surface area contributed by atoms with Gasteiger partial charge in [0.1, 0.15) is 5.58 Å². The number of hydrogen-bond acceptors (Lipinski definition) is 3. The molecule has 0 fully saturated rings. The van der Waals surface area contributed by atoms with E-state index in [4.69, 9.17) is 4.42 Å². The normalized spacial score (nSPS) is 13.1. The van der Waals surface area contributed by atoms with E-state index < -0.39 is 8.07 Å². The van der Waals surface area contributed by atoms with Crippen LogP contribution in [0.15, 0.2) is 114 Å². The van der Waals surface area contributed by atoms with Crippen molar-refractivity contribution in [2.45, 2.75) is 58.7 Å². The van der Waals surface area contributed by atoms with Gasteiger partial charge in [0.2, 0.25) is 0 Å². The molecule has 0 saturated heterocycles. The van der Waals surface area contributed by atoms with Crippen molar-refractivity contribution in [3.63, 3.8) is 0 Å². The molecule has 5 heteroatoms. The summed E-state index contributed by atoms with van der Waals surface area (Å²) in [5.74, 6) is 0.446. The van der Waals surface area contributed by atoms with E-state index in [-0.39, 0.29) is 25.5 Å². The van der Waals surface area contributed by atoms with Crippen molar-refractivity contribution in [1.29, 1.82) is 0 Å². The molecule has 1 aliphatic rings. The third-order valence-electron chi connectivity index (χ3n) is 9.46. The van der Waals surface area contributed by atoms with Gasteiger partial charge in [-0.3, -0.25) is 0 Å². The molecule has 0 bridgehead atoms. The zero-order chi connectivity index (χ0) is 32.9. The molecule has 3 nitrogen and oxygen atoms in total. The van der Waals surface area contributed by atoms with Crippen LogP contribution in [0, 0.1) is 12.1 Å². The standard InChI is InChI=1S/C29H24NO.C14H16NSi.Ir/c1-17(2)18-12-13-30-26(14-18)21-10-7-9-20-23-15-25-22(16-27(23)31-28(20)21)19-8-5-6-11-24(19)29(25,3)4;1-16(2,3)13-9-10-14(15-11-13)12-7-5-4-6-8-12;/h5-9,11-17H,1-4H3;4-7,9-11H,1-3H3;/q2*-1;. The van der Waals surface area contributed by atoms with Gasteiger partial charge < -0.3 is 14.4 Å². The van der Waals surface area contributed by atoms with Gasteiger partial charge in [-0.25, -0.2) is 0 Å². The first-order valence-electron chi connectivity index (χ1n) is 16.4. The van der Waals surface area contributed by atoms with Gasteiger partial charge in [0.25, 0.3) is 0 Å². The largest absolute Gasteiger partial charge is 0.501 e. The zero-order valence-corrected chi connectivity index (χ0v) is 32.0. The minimum atomic E-state index is -1.23. The van der Waals surface area contributed by atoms with Crippen LogP contribution in [0.1, 0.15) is 50.3 Å². The minimum absolute atomic E-state index is 0. The Kier molecular flexibility index (Phi) is 9.17. The van der Waals surface area contributed by atoms with E-state index in [0.29, 0.717) is 5.92 Å². The third kappa shape index (κ3) is 6.12. The average Bonchev–Trinajstić information content (AvgIpc) is 3.56. The predicted molar refractivity (Wildman–Crippen MR) is 199 cm³/mol. The summed E-state index contributed by atoms with van der Waals surface area (Å²) in [6.07, 6.45) is 3.90. The van der Waals surface area contributed by atoms with Gasteiger partial charge >= 0.3 is 0 Å². The summed E-state index contributed by atoms with van der Waals surface area (Å²) in [4.78, 5) is 9.16.